The zero-order chi connectivity index (χ0) is 25.3. The Kier molecular flexibility index (Phi) is 6.71. The molecule has 0 aromatic heterocycles. The second kappa shape index (κ2) is 9.93. The number of methoxy groups -OCH3 is 1. The Labute approximate surface area is 212 Å². The Morgan fingerprint density at radius 2 is 1.72 bits per heavy atom. The van der Waals surface area contributed by atoms with E-state index >= 15 is 0 Å². The first-order valence-corrected chi connectivity index (χ1v) is 12.8. The van der Waals surface area contributed by atoms with Gasteiger partial charge in [-0.3, -0.25) is 24.2 Å². The molecule has 3 heterocycles. The third kappa shape index (κ3) is 4.46. The van der Waals surface area contributed by atoms with Crippen LogP contribution < -0.4 is 9.64 Å². The fourth-order valence-corrected chi connectivity index (χ4v) is 5.73. The number of para-hydroxylation sites is 1. The molecule has 1 atom stereocenters. The zero-order valence-electron chi connectivity index (χ0n) is 21.1. The predicted molar refractivity (Wildman–Crippen MR) is 137 cm³/mol. The van der Waals surface area contributed by atoms with Crippen molar-refractivity contribution < 1.29 is 19.1 Å². The summed E-state index contributed by atoms with van der Waals surface area (Å²) in [5.41, 5.74) is 1.83. The molecule has 190 valence electrons. The number of carbonyl (C=O) groups excluding carboxylic acids is 3. The normalized spacial score (nSPS) is 22.0. The summed E-state index contributed by atoms with van der Waals surface area (Å²) in [5, 5.41) is 0. The maximum atomic E-state index is 13.4. The van der Waals surface area contributed by atoms with Gasteiger partial charge in [0.05, 0.1) is 18.4 Å². The number of anilines is 1. The molecule has 8 nitrogen and oxygen atoms in total. The fourth-order valence-electron chi connectivity index (χ4n) is 5.73. The van der Waals surface area contributed by atoms with Gasteiger partial charge >= 0.3 is 0 Å². The lowest BCUT2D eigenvalue weighted by atomic mass is 9.98. The van der Waals surface area contributed by atoms with E-state index in [1.54, 1.807) is 23.0 Å². The van der Waals surface area contributed by atoms with Crippen LogP contribution >= 0.6 is 0 Å². The number of nitrogens with zero attached hydrogens (tertiary/aromatic N) is 4. The highest BCUT2D eigenvalue weighted by atomic mass is 16.5. The van der Waals surface area contributed by atoms with Crippen LogP contribution in [0.15, 0.2) is 48.5 Å². The Hall–Kier alpha value is -3.39. The molecule has 1 unspecified atom stereocenters. The van der Waals surface area contributed by atoms with Crippen molar-refractivity contribution >= 4 is 23.4 Å². The van der Waals surface area contributed by atoms with Gasteiger partial charge in [-0.05, 0) is 49.6 Å². The van der Waals surface area contributed by atoms with E-state index in [2.05, 4.69) is 17.0 Å². The lowest BCUT2D eigenvalue weighted by molar-refractivity contribution is -0.133. The molecular formula is C28H34N4O4. The highest BCUT2D eigenvalue weighted by Crippen LogP contribution is 2.44. The van der Waals surface area contributed by atoms with Gasteiger partial charge in [0.25, 0.3) is 5.91 Å². The van der Waals surface area contributed by atoms with Crippen molar-refractivity contribution in [2.45, 2.75) is 44.8 Å². The van der Waals surface area contributed by atoms with Crippen LogP contribution in [0.25, 0.3) is 0 Å². The minimum Gasteiger partial charge on any atom is -0.497 e. The van der Waals surface area contributed by atoms with Crippen molar-refractivity contribution in [3.05, 3.63) is 59.7 Å². The van der Waals surface area contributed by atoms with Gasteiger partial charge in [-0.2, -0.15) is 0 Å². The van der Waals surface area contributed by atoms with Crippen LogP contribution in [0.3, 0.4) is 0 Å². The molecule has 3 aliphatic heterocycles. The van der Waals surface area contributed by atoms with Gasteiger partial charge in [-0.1, -0.05) is 24.3 Å². The van der Waals surface area contributed by atoms with E-state index in [0.29, 0.717) is 56.6 Å². The standard InChI is InChI=1S/C28H34N4O4/c1-28-14-13-26(34)32(28)24-7-4-3-6-23(24)27(35)31(28)15-5-8-25(33)30-18-16-29(17-19-30)20-21-9-11-22(36-2)12-10-21/h3-4,6-7,9-12H,5,8,13-20H2,1-2H3. The minimum absolute atomic E-state index is 0.0473. The van der Waals surface area contributed by atoms with Crippen molar-refractivity contribution in [2.75, 3.05) is 44.7 Å². The smallest absolute Gasteiger partial charge is 0.257 e. The van der Waals surface area contributed by atoms with Gasteiger partial charge in [0.2, 0.25) is 11.8 Å². The van der Waals surface area contributed by atoms with E-state index in [1.165, 1.54) is 5.56 Å². The molecule has 36 heavy (non-hydrogen) atoms. The second-order valence-corrected chi connectivity index (χ2v) is 10.0. The van der Waals surface area contributed by atoms with Crippen LogP contribution in [-0.2, 0) is 16.1 Å². The first-order chi connectivity index (χ1) is 17.4. The third-order valence-corrected chi connectivity index (χ3v) is 7.81. The van der Waals surface area contributed by atoms with Gasteiger partial charge < -0.3 is 14.5 Å². The summed E-state index contributed by atoms with van der Waals surface area (Å²) in [4.78, 5) is 46.9. The van der Waals surface area contributed by atoms with Crippen molar-refractivity contribution in [1.29, 1.82) is 0 Å². The minimum atomic E-state index is -0.668. The molecule has 2 aromatic rings. The molecule has 3 amide bonds. The molecule has 2 fully saturated rings. The second-order valence-electron chi connectivity index (χ2n) is 10.0. The molecule has 5 rings (SSSR count). The molecule has 2 saturated heterocycles. The maximum Gasteiger partial charge on any atom is 0.257 e. The fraction of sp³-hybridized carbons (Fsp3) is 0.464. The average Bonchev–Trinajstić information content (AvgIpc) is 3.21. The van der Waals surface area contributed by atoms with E-state index in [4.69, 9.17) is 4.74 Å². The highest BCUT2D eigenvalue weighted by Gasteiger charge is 2.52. The Morgan fingerprint density at radius 1 is 1.00 bits per heavy atom. The summed E-state index contributed by atoms with van der Waals surface area (Å²) in [6.45, 7) is 6.39. The summed E-state index contributed by atoms with van der Waals surface area (Å²) >= 11 is 0. The molecule has 2 aromatic carbocycles. The molecule has 3 aliphatic rings. The molecule has 0 N–H and O–H groups in total. The van der Waals surface area contributed by atoms with Crippen molar-refractivity contribution in [3.8, 4) is 5.75 Å². The van der Waals surface area contributed by atoms with Gasteiger partial charge in [0.15, 0.2) is 0 Å². The first-order valence-electron chi connectivity index (χ1n) is 12.8. The Morgan fingerprint density at radius 3 is 2.44 bits per heavy atom. The SMILES string of the molecule is COc1ccc(CN2CCN(C(=O)CCCN3C(=O)c4ccccc4N4C(=O)CCC34C)CC2)cc1. The lowest BCUT2D eigenvalue weighted by Gasteiger charge is -2.48. The Bertz CT molecular complexity index is 1140. The molecule has 0 aliphatic carbocycles. The Balaban J connectivity index is 1.14. The number of hydrogen-bond donors (Lipinski definition) is 0. The first kappa shape index (κ1) is 24.3. The summed E-state index contributed by atoms with van der Waals surface area (Å²) < 4.78 is 5.23. The summed E-state index contributed by atoms with van der Waals surface area (Å²) in [5.74, 6) is 0.976. The average molecular weight is 491 g/mol. The maximum absolute atomic E-state index is 13.4. The molecule has 0 radical (unpaired) electrons. The highest BCUT2D eigenvalue weighted by molar-refractivity contribution is 6.10. The predicted octanol–water partition coefficient (Wildman–Crippen LogP) is 3.12. The van der Waals surface area contributed by atoms with Crippen LogP contribution in [0.1, 0.15) is 48.5 Å². The van der Waals surface area contributed by atoms with Crippen molar-refractivity contribution in [2.24, 2.45) is 0 Å². The van der Waals surface area contributed by atoms with Crippen LogP contribution in [0.5, 0.6) is 5.75 Å². The number of piperazine rings is 1. The van der Waals surface area contributed by atoms with E-state index in [9.17, 15) is 14.4 Å². The number of rotatable bonds is 7. The van der Waals surface area contributed by atoms with Gasteiger partial charge in [-0.25, -0.2) is 0 Å². The number of benzene rings is 2. The number of hydrogen-bond acceptors (Lipinski definition) is 5. The summed E-state index contributed by atoms with van der Waals surface area (Å²) in [7, 11) is 1.67. The largest absolute Gasteiger partial charge is 0.497 e. The molecule has 0 spiro atoms. The van der Waals surface area contributed by atoms with E-state index in [-0.39, 0.29) is 17.7 Å². The molecule has 8 heteroatoms. The number of ether oxygens (including phenoxy) is 1. The van der Waals surface area contributed by atoms with E-state index in [0.717, 1.165) is 25.4 Å². The number of carbonyl (C=O) groups is 3. The van der Waals surface area contributed by atoms with Crippen LogP contribution in [0.4, 0.5) is 5.69 Å². The van der Waals surface area contributed by atoms with E-state index < -0.39 is 5.66 Å². The van der Waals surface area contributed by atoms with Crippen LogP contribution in [0.2, 0.25) is 0 Å². The topological polar surface area (TPSA) is 73.4 Å². The quantitative estimate of drug-likeness (QED) is 0.596. The van der Waals surface area contributed by atoms with Crippen LogP contribution in [0, 0.1) is 0 Å². The van der Waals surface area contributed by atoms with Gasteiger partial charge in [0.1, 0.15) is 11.4 Å². The van der Waals surface area contributed by atoms with Crippen LogP contribution in [-0.4, -0.2) is 77.9 Å². The number of fused-ring (bicyclic) bond motifs is 3. The zero-order valence-corrected chi connectivity index (χ0v) is 21.1. The molecule has 0 bridgehead atoms. The number of amides is 3. The van der Waals surface area contributed by atoms with Gasteiger partial charge in [-0.15, -0.1) is 0 Å². The van der Waals surface area contributed by atoms with Gasteiger partial charge in [0, 0.05) is 52.1 Å². The van der Waals surface area contributed by atoms with Crippen molar-refractivity contribution in [3.63, 3.8) is 0 Å². The lowest BCUT2D eigenvalue weighted by Crippen LogP contribution is -2.62. The molecular weight excluding hydrogens is 456 g/mol. The molecule has 0 saturated carbocycles. The summed E-state index contributed by atoms with van der Waals surface area (Å²) in [6.07, 6.45) is 2.01. The third-order valence-electron chi connectivity index (χ3n) is 7.81. The monoisotopic (exact) mass is 490 g/mol. The summed E-state index contributed by atoms with van der Waals surface area (Å²) in [6, 6.07) is 15.4. The van der Waals surface area contributed by atoms with Crippen molar-refractivity contribution in [1.82, 2.24) is 14.7 Å². The van der Waals surface area contributed by atoms with E-state index in [1.807, 2.05) is 42.2 Å².